The predicted octanol–water partition coefficient (Wildman–Crippen LogP) is 3.62. The van der Waals surface area contributed by atoms with E-state index in [1.807, 2.05) is 61.5 Å². The van der Waals surface area contributed by atoms with Crippen LogP contribution in [0.3, 0.4) is 0 Å². The van der Waals surface area contributed by atoms with Crippen molar-refractivity contribution in [1.29, 1.82) is 0 Å². The first kappa shape index (κ1) is 12.4. The summed E-state index contributed by atoms with van der Waals surface area (Å²) in [7, 11) is 0. The zero-order valence-corrected chi connectivity index (χ0v) is 11.1. The van der Waals surface area contributed by atoms with Crippen molar-refractivity contribution in [3.05, 3.63) is 77.6 Å². The third-order valence-corrected chi connectivity index (χ3v) is 3.23. The molecule has 20 heavy (non-hydrogen) atoms. The number of benzene rings is 2. The van der Waals surface area contributed by atoms with Crippen molar-refractivity contribution < 1.29 is 4.79 Å². The van der Waals surface area contributed by atoms with Crippen molar-refractivity contribution in [2.75, 3.05) is 0 Å². The molecule has 3 nitrogen and oxygen atoms in total. The van der Waals surface area contributed by atoms with E-state index in [1.165, 1.54) is 0 Å². The molecule has 0 aliphatic carbocycles. The number of hydrogen-bond donors (Lipinski definition) is 1. The van der Waals surface area contributed by atoms with E-state index in [4.69, 9.17) is 0 Å². The summed E-state index contributed by atoms with van der Waals surface area (Å²) in [6.45, 7) is 2.03. The number of nitrogens with zero attached hydrogens (tertiary/aromatic N) is 1. The van der Waals surface area contributed by atoms with E-state index < -0.39 is 0 Å². The van der Waals surface area contributed by atoms with E-state index >= 15 is 0 Å². The molecule has 0 spiro atoms. The fourth-order valence-corrected chi connectivity index (χ4v) is 2.22. The molecule has 0 unspecified atom stereocenters. The lowest BCUT2D eigenvalue weighted by Crippen LogP contribution is -2.03. The Morgan fingerprint density at radius 1 is 1.05 bits per heavy atom. The monoisotopic (exact) mass is 262 g/mol. The Kier molecular flexibility index (Phi) is 3.17. The van der Waals surface area contributed by atoms with Crippen LogP contribution in [-0.2, 0) is 0 Å². The second-order valence-corrected chi connectivity index (χ2v) is 4.72. The molecule has 0 saturated carbocycles. The predicted molar refractivity (Wildman–Crippen MR) is 78.6 cm³/mol. The van der Waals surface area contributed by atoms with Crippen molar-refractivity contribution in [3.8, 4) is 11.1 Å². The molecule has 3 aromatic rings. The molecule has 0 amide bonds. The lowest BCUT2D eigenvalue weighted by molar-refractivity contribution is 0.103. The van der Waals surface area contributed by atoms with Gasteiger partial charge < -0.3 is 0 Å². The van der Waals surface area contributed by atoms with Gasteiger partial charge in [0.05, 0.1) is 6.20 Å². The molecule has 3 heteroatoms. The van der Waals surface area contributed by atoms with Crippen LogP contribution in [-0.4, -0.2) is 16.0 Å². The normalized spacial score (nSPS) is 10.4. The van der Waals surface area contributed by atoms with Crippen molar-refractivity contribution in [2.24, 2.45) is 0 Å². The van der Waals surface area contributed by atoms with Crippen LogP contribution in [0.2, 0.25) is 0 Å². The summed E-state index contributed by atoms with van der Waals surface area (Å²) in [4.78, 5) is 12.5. The number of hydrogen-bond acceptors (Lipinski definition) is 2. The van der Waals surface area contributed by atoms with Gasteiger partial charge in [-0.05, 0) is 12.5 Å². The maximum atomic E-state index is 12.5. The Labute approximate surface area is 117 Å². The van der Waals surface area contributed by atoms with E-state index in [9.17, 15) is 4.79 Å². The van der Waals surface area contributed by atoms with Gasteiger partial charge in [-0.15, -0.1) is 0 Å². The quantitative estimate of drug-likeness (QED) is 0.733. The van der Waals surface area contributed by atoms with Gasteiger partial charge in [-0.3, -0.25) is 9.89 Å². The molecule has 0 fully saturated rings. The highest BCUT2D eigenvalue weighted by Gasteiger charge is 2.16. The van der Waals surface area contributed by atoms with Crippen LogP contribution >= 0.6 is 0 Å². The van der Waals surface area contributed by atoms with Crippen LogP contribution in [0.15, 0.2) is 60.8 Å². The fraction of sp³-hybridized carbons (Fsp3) is 0.0588. The van der Waals surface area contributed by atoms with Gasteiger partial charge in [0.25, 0.3) is 0 Å². The molecule has 0 aliphatic heterocycles. The van der Waals surface area contributed by atoms with Crippen LogP contribution in [0.25, 0.3) is 11.1 Å². The molecule has 98 valence electrons. The molecule has 1 N–H and O–H groups in total. The zero-order valence-electron chi connectivity index (χ0n) is 11.1. The van der Waals surface area contributed by atoms with Crippen molar-refractivity contribution >= 4 is 5.78 Å². The van der Waals surface area contributed by atoms with Crippen LogP contribution in [0.5, 0.6) is 0 Å². The van der Waals surface area contributed by atoms with Crippen LogP contribution in [0.4, 0.5) is 0 Å². The van der Waals surface area contributed by atoms with Crippen LogP contribution in [0.1, 0.15) is 21.6 Å². The SMILES string of the molecule is Cc1cccc(-c2cn[nH]c2C(=O)c2ccccc2)c1. The summed E-state index contributed by atoms with van der Waals surface area (Å²) in [6.07, 6.45) is 1.70. The Hall–Kier alpha value is -2.68. The molecular weight excluding hydrogens is 248 g/mol. The highest BCUT2D eigenvalue weighted by molar-refractivity contribution is 6.11. The molecule has 0 atom stereocenters. The number of aromatic nitrogens is 2. The second-order valence-electron chi connectivity index (χ2n) is 4.72. The van der Waals surface area contributed by atoms with Gasteiger partial charge in [-0.1, -0.05) is 60.2 Å². The van der Waals surface area contributed by atoms with E-state index in [0.717, 1.165) is 16.7 Å². The highest BCUT2D eigenvalue weighted by atomic mass is 16.1. The summed E-state index contributed by atoms with van der Waals surface area (Å²) in [6, 6.07) is 17.3. The maximum absolute atomic E-state index is 12.5. The minimum absolute atomic E-state index is 0.0420. The maximum Gasteiger partial charge on any atom is 0.211 e. The Morgan fingerprint density at radius 3 is 2.60 bits per heavy atom. The first-order chi connectivity index (χ1) is 9.75. The number of H-pyrrole nitrogens is 1. The third kappa shape index (κ3) is 2.26. The first-order valence-corrected chi connectivity index (χ1v) is 6.46. The Bertz CT molecular complexity index is 744. The van der Waals surface area contributed by atoms with Gasteiger partial charge in [-0.25, -0.2) is 0 Å². The Morgan fingerprint density at radius 2 is 1.85 bits per heavy atom. The number of aromatic amines is 1. The molecule has 1 aromatic heterocycles. The molecule has 2 aromatic carbocycles. The number of aryl methyl sites for hydroxylation is 1. The van der Waals surface area contributed by atoms with Crippen molar-refractivity contribution in [2.45, 2.75) is 6.92 Å². The molecule has 3 rings (SSSR count). The number of ketones is 1. The number of rotatable bonds is 3. The fourth-order valence-electron chi connectivity index (χ4n) is 2.22. The Balaban J connectivity index is 2.05. The zero-order chi connectivity index (χ0) is 13.9. The topological polar surface area (TPSA) is 45.8 Å². The van der Waals surface area contributed by atoms with Crippen molar-refractivity contribution in [1.82, 2.24) is 10.2 Å². The number of carbonyl (C=O) groups excluding carboxylic acids is 1. The van der Waals surface area contributed by atoms with E-state index in [-0.39, 0.29) is 5.78 Å². The summed E-state index contributed by atoms with van der Waals surface area (Å²) in [5, 5.41) is 6.85. The van der Waals surface area contributed by atoms with E-state index in [1.54, 1.807) is 6.20 Å². The summed E-state index contributed by atoms with van der Waals surface area (Å²) >= 11 is 0. The van der Waals surface area contributed by atoms with Gasteiger partial charge in [-0.2, -0.15) is 5.10 Å². The molecule has 0 radical (unpaired) electrons. The molecule has 0 saturated heterocycles. The smallest absolute Gasteiger partial charge is 0.211 e. The second kappa shape index (κ2) is 5.13. The standard InChI is InChI=1S/C17H14N2O/c1-12-6-5-9-14(10-12)15-11-18-19-16(15)17(20)13-7-3-2-4-8-13/h2-11H,1H3,(H,18,19). The first-order valence-electron chi connectivity index (χ1n) is 6.46. The molecular formula is C17H14N2O. The number of nitrogens with one attached hydrogen (secondary N) is 1. The summed E-state index contributed by atoms with van der Waals surface area (Å²) in [5.41, 5.74) is 4.18. The number of carbonyl (C=O) groups is 1. The van der Waals surface area contributed by atoms with Gasteiger partial charge in [0, 0.05) is 11.1 Å². The van der Waals surface area contributed by atoms with Crippen LogP contribution < -0.4 is 0 Å². The minimum atomic E-state index is -0.0420. The van der Waals surface area contributed by atoms with Gasteiger partial charge in [0.15, 0.2) is 0 Å². The van der Waals surface area contributed by atoms with Crippen LogP contribution in [0, 0.1) is 6.92 Å². The molecule has 0 aliphatic rings. The summed E-state index contributed by atoms with van der Waals surface area (Å²) < 4.78 is 0. The van der Waals surface area contributed by atoms with Crippen molar-refractivity contribution in [3.63, 3.8) is 0 Å². The third-order valence-electron chi connectivity index (χ3n) is 3.23. The van der Waals surface area contributed by atoms with E-state index in [0.29, 0.717) is 11.3 Å². The van der Waals surface area contributed by atoms with Gasteiger partial charge in [0.2, 0.25) is 5.78 Å². The van der Waals surface area contributed by atoms with Gasteiger partial charge in [0.1, 0.15) is 5.69 Å². The molecule has 1 heterocycles. The molecule has 0 bridgehead atoms. The minimum Gasteiger partial charge on any atom is -0.287 e. The largest absolute Gasteiger partial charge is 0.287 e. The summed E-state index contributed by atoms with van der Waals surface area (Å²) in [5.74, 6) is -0.0420. The highest BCUT2D eigenvalue weighted by Crippen LogP contribution is 2.24. The average molecular weight is 262 g/mol. The average Bonchev–Trinajstić information content (AvgIpc) is 2.97. The lowest BCUT2D eigenvalue weighted by Gasteiger charge is -2.04. The van der Waals surface area contributed by atoms with E-state index in [2.05, 4.69) is 10.2 Å². The lowest BCUT2D eigenvalue weighted by atomic mass is 9.99. The van der Waals surface area contributed by atoms with Gasteiger partial charge >= 0.3 is 0 Å².